The van der Waals surface area contributed by atoms with Gasteiger partial charge in [0.1, 0.15) is 17.2 Å². The molecule has 0 saturated carbocycles. The Labute approximate surface area is 123 Å². The van der Waals surface area contributed by atoms with Crippen molar-refractivity contribution in [1.29, 1.82) is 0 Å². The number of furan rings is 1. The van der Waals surface area contributed by atoms with Crippen LogP contribution in [0.4, 0.5) is 0 Å². The third-order valence-corrected chi connectivity index (χ3v) is 2.88. The van der Waals surface area contributed by atoms with E-state index in [4.69, 9.17) is 31.8 Å². The first-order valence-electron chi connectivity index (χ1n) is 6.61. The van der Waals surface area contributed by atoms with Crippen LogP contribution in [0.15, 0.2) is 28.7 Å². The maximum Gasteiger partial charge on any atom is 0.204 e. The molecule has 2 N–H and O–H groups in total. The van der Waals surface area contributed by atoms with Crippen LogP contribution >= 0.6 is 12.2 Å². The monoisotopic (exact) mass is 293 g/mol. The summed E-state index contributed by atoms with van der Waals surface area (Å²) in [5.41, 5.74) is 6.39. The molecular weight excluding hydrogens is 274 g/mol. The van der Waals surface area contributed by atoms with Crippen LogP contribution < -0.4 is 10.5 Å². The molecule has 0 bridgehead atoms. The fraction of sp³-hybridized carbons (Fsp3) is 0.400. The largest absolute Gasteiger partial charge is 0.486 e. The quantitative estimate of drug-likeness (QED) is 0.628. The van der Waals surface area contributed by atoms with Crippen LogP contribution in [0.2, 0.25) is 0 Å². The number of para-hydroxylation sites is 1. The molecule has 0 spiro atoms. The predicted molar refractivity (Wildman–Crippen MR) is 83.3 cm³/mol. The van der Waals surface area contributed by atoms with Crippen molar-refractivity contribution in [2.75, 3.05) is 19.8 Å². The van der Waals surface area contributed by atoms with Gasteiger partial charge in [-0.05, 0) is 18.1 Å². The molecule has 0 aliphatic rings. The van der Waals surface area contributed by atoms with E-state index in [1.807, 2.05) is 24.3 Å². The summed E-state index contributed by atoms with van der Waals surface area (Å²) in [6.45, 7) is 5.89. The molecule has 4 nitrogen and oxygen atoms in total. The summed E-state index contributed by atoms with van der Waals surface area (Å²) < 4.78 is 16.9. The highest BCUT2D eigenvalue weighted by Crippen LogP contribution is 2.32. The fourth-order valence-corrected chi connectivity index (χ4v) is 1.98. The summed E-state index contributed by atoms with van der Waals surface area (Å²) >= 11 is 5.00. The van der Waals surface area contributed by atoms with Gasteiger partial charge in [0.15, 0.2) is 5.75 Å². The van der Waals surface area contributed by atoms with E-state index in [9.17, 15) is 0 Å². The van der Waals surface area contributed by atoms with Gasteiger partial charge in [0, 0.05) is 6.61 Å². The average Bonchev–Trinajstić information content (AvgIpc) is 2.77. The number of thiocarbonyl (C=S) groups is 1. The molecule has 0 saturated heterocycles. The summed E-state index contributed by atoms with van der Waals surface area (Å²) in [5.74, 6) is 1.53. The highest BCUT2D eigenvalue weighted by molar-refractivity contribution is 7.80. The van der Waals surface area contributed by atoms with Crippen molar-refractivity contribution >= 4 is 28.2 Å². The topological polar surface area (TPSA) is 57.6 Å². The SMILES string of the molecule is CC(C)COCCOc1c(C(N)=S)oc2ccccc12. The van der Waals surface area contributed by atoms with E-state index in [0.717, 1.165) is 12.0 Å². The maximum absolute atomic E-state index is 5.75. The lowest BCUT2D eigenvalue weighted by Crippen LogP contribution is -2.13. The highest BCUT2D eigenvalue weighted by atomic mass is 32.1. The second kappa shape index (κ2) is 6.72. The second-order valence-electron chi connectivity index (χ2n) is 4.94. The average molecular weight is 293 g/mol. The molecule has 0 fully saturated rings. The normalized spacial score (nSPS) is 11.2. The van der Waals surface area contributed by atoms with Crippen molar-refractivity contribution in [3.63, 3.8) is 0 Å². The standard InChI is InChI=1S/C15H19NO3S/c1-10(2)9-17-7-8-18-13-11-5-3-4-6-12(11)19-14(13)15(16)20/h3-6,10H,7-9H2,1-2H3,(H2,16,20). The molecule has 5 heteroatoms. The van der Waals surface area contributed by atoms with Crippen LogP contribution in [0.5, 0.6) is 5.75 Å². The van der Waals surface area contributed by atoms with Crippen molar-refractivity contribution in [2.45, 2.75) is 13.8 Å². The summed E-state index contributed by atoms with van der Waals surface area (Å²) in [7, 11) is 0. The van der Waals surface area contributed by atoms with E-state index in [0.29, 0.717) is 36.2 Å². The van der Waals surface area contributed by atoms with E-state index in [1.165, 1.54) is 0 Å². The first-order valence-corrected chi connectivity index (χ1v) is 7.02. The van der Waals surface area contributed by atoms with Gasteiger partial charge in [0.05, 0.1) is 12.0 Å². The van der Waals surface area contributed by atoms with E-state index >= 15 is 0 Å². The molecular formula is C15H19NO3S. The first kappa shape index (κ1) is 14.8. The van der Waals surface area contributed by atoms with Gasteiger partial charge in [0.25, 0.3) is 0 Å². The zero-order chi connectivity index (χ0) is 14.5. The van der Waals surface area contributed by atoms with Crippen molar-refractivity contribution in [3.05, 3.63) is 30.0 Å². The lowest BCUT2D eigenvalue weighted by atomic mass is 10.2. The van der Waals surface area contributed by atoms with Crippen LogP contribution in [0.3, 0.4) is 0 Å². The summed E-state index contributed by atoms with van der Waals surface area (Å²) in [6, 6.07) is 7.60. The maximum atomic E-state index is 5.75. The van der Waals surface area contributed by atoms with Crippen molar-refractivity contribution in [1.82, 2.24) is 0 Å². The number of ether oxygens (including phenoxy) is 2. The molecule has 108 valence electrons. The molecule has 20 heavy (non-hydrogen) atoms. The van der Waals surface area contributed by atoms with Gasteiger partial charge < -0.3 is 19.6 Å². The van der Waals surface area contributed by atoms with E-state index in [2.05, 4.69) is 13.8 Å². The molecule has 1 aromatic heterocycles. The van der Waals surface area contributed by atoms with Gasteiger partial charge in [-0.2, -0.15) is 0 Å². The van der Waals surface area contributed by atoms with Gasteiger partial charge in [-0.15, -0.1) is 0 Å². The highest BCUT2D eigenvalue weighted by Gasteiger charge is 2.17. The smallest absolute Gasteiger partial charge is 0.204 e. The molecule has 2 rings (SSSR count). The molecule has 0 amide bonds. The Morgan fingerprint density at radius 3 is 2.75 bits per heavy atom. The van der Waals surface area contributed by atoms with Gasteiger partial charge >= 0.3 is 0 Å². The molecule has 0 atom stereocenters. The first-order chi connectivity index (χ1) is 9.59. The third-order valence-electron chi connectivity index (χ3n) is 2.70. The molecule has 1 heterocycles. The summed E-state index contributed by atoms with van der Waals surface area (Å²) in [6.07, 6.45) is 0. The lowest BCUT2D eigenvalue weighted by Gasteiger charge is -2.08. The summed E-state index contributed by atoms with van der Waals surface area (Å²) in [5, 5.41) is 0.874. The van der Waals surface area contributed by atoms with Crippen molar-refractivity contribution < 1.29 is 13.9 Å². The number of rotatable bonds is 7. The van der Waals surface area contributed by atoms with Gasteiger partial charge in [0.2, 0.25) is 5.76 Å². The second-order valence-corrected chi connectivity index (χ2v) is 5.38. The Morgan fingerprint density at radius 2 is 2.05 bits per heavy atom. The number of nitrogens with two attached hydrogens (primary N) is 1. The Bertz CT molecular complexity index is 592. The molecule has 2 aromatic rings. The van der Waals surface area contributed by atoms with Crippen LogP contribution in [0.25, 0.3) is 11.0 Å². The van der Waals surface area contributed by atoms with Crippen LogP contribution in [0, 0.1) is 5.92 Å². The number of hydrogen-bond donors (Lipinski definition) is 1. The van der Waals surface area contributed by atoms with E-state index in [-0.39, 0.29) is 4.99 Å². The zero-order valence-corrected chi connectivity index (χ0v) is 12.5. The number of benzene rings is 1. The van der Waals surface area contributed by atoms with Gasteiger partial charge in [-0.3, -0.25) is 0 Å². The van der Waals surface area contributed by atoms with Crippen LogP contribution in [0.1, 0.15) is 19.6 Å². The Kier molecular flexibility index (Phi) is 4.98. The van der Waals surface area contributed by atoms with E-state index in [1.54, 1.807) is 0 Å². The Morgan fingerprint density at radius 1 is 1.30 bits per heavy atom. The lowest BCUT2D eigenvalue weighted by molar-refractivity contribution is 0.0820. The van der Waals surface area contributed by atoms with Gasteiger partial charge in [-0.1, -0.05) is 38.2 Å². The summed E-state index contributed by atoms with van der Waals surface area (Å²) in [4.78, 5) is 0.194. The van der Waals surface area contributed by atoms with Gasteiger partial charge in [-0.25, -0.2) is 0 Å². The zero-order valence-electron chi connectivity index (χ0n) is 11.7. The van der Waals surface area contributed by atoms with Crippen molar-refractivity contribution in [3.8, 4) is 5.75 Å². The molecule has 0 radical (unpaired) electrons. The minimum atomic E-state index is 0.194. The van der Waals surface area contributed by atoms with Crippen molar-refractivity contribution in [2.24, 2.45) is 11.7 Å². The molecule has 1 aromatic carbocycles. The fourth-order valence-electron chi connectivity index (χ4n) is 1.85. The van der Waals surface area contributed by atoms with Crippen LogP contribution in [-0.4, -0.2) is 24.8 Å². The molecule has 0 aliphatic carbocycles. The number of hydrogen-bond acceptors (Lipinski definition) is 4. The molecule has 0 aliphatic heterocycles. The van der Waals surface area contributed by atoms with Crippen LogP contribution in [-0.2, 0) is 4.74 Å². The third kappa shape index (κ3) is 3.49. The number of fused-ring (bicyclic) bond motifs is 1. The Balaban J connectivity index is 2.08. The Hall–Kier alpha value is -1.59. The minimum Gasteiger partial charge on any atom is -0.486 e. The van der Waals surface area contributed by atoms with E-state index < -0.39 is 0 Å². The minimum absolute atomic E-state index is 0.194. The molecule has 0 unspecified atom stereocenters. The predicted octanol–water partition coefficient (Wildman–Crippen LogP) is 3.12.